The van der Waals surface area contributed by atoms with Crippen molar-refractivity contribution >= 4 is 49.9 Å². The van der Waals surface area contributed by atoms with E-state index in [0.717, 1.165) is 45.0 Å². The minimum atomic E-state index is 0.863. The highest BCUT2D eigenvalue weighted by molar-refractivity contribution is 6.10. The van der Waals surface area contributed by atoms with Crippen molar-refractivity contribution in [2.24, 2.45) is 0 Å². The average molecular weight is 539 g/mol. The molecule has 2 heterocycles. The smallest absolute Gasteiger partial charge is 0.0894 e. The summed E-state index contributed by atoms with van der Waals surface area (Å²) in [6.45, 7) is 0. The first kappa shape index (κ1) is 24.1. The second kappa shape index (κ2) is 10.0. The fourth-order valence-corrected chi connectivity index (χ4v) is 5.86. The molecule has 0 unspecified atom stereocenters. The number of hydrogen-bond acceptors (Lipinski definition) is 3. The zero-order valence-electron chi connectivity index (χ0n) is 22.8. The topological polar surface area (TPSA) is 34.0 Å². The summed E-state index contributed by atoms with van der Waals surface area (Å²) in [5.74, 6) is 0. The van der Waals surface area contributed by atoms with Crippen LogP contribution in [0.4, 0.5) is 17.1 Å². The fourth-order valence-electron chi connectivity index (χ4n) is 5.86. The summed E-state index contributed by atoms with van der Waals surface area (Å²) in [7, 11) is 0. The zero-order chi connectivity index (χ0) is 27.9. The second-order valence-electron chi connectivity index (χ2n) is 10.4. The minimum absolute atomic E-state index is 0.863. The van der Waals surface area contributed by atoms with E-state index in [0.29, 0.717) is 0 Å². The normalized spacial score (nSPS) is 11.3. The van der Waals surface area contributed by atoms with E-state index in [9.17, 15) is 0 Å². The Balaban J connectivity index is 1.26. The molecule has 4 nitrogen and oxygen atoms in total. The van der Waals surface area contributed by atoms with E-state index in [1.807, 2.05) is 30.5 Å². The van der Waals surface area contributed by atoms with E-state index in [1.54, 1.807) is 0 Å². The third-order valence-corrected chi connectivity index (χ3v) is 7.81. The van der Waals surface area contributed by atoms with E-state index in [-0.39, 0.29) is 0 Å². The SMILES string of the molecule is c1ccc(N(c2ccc(-c3cnc4ccccc4n3)cc2)c2ccc3c(c2)c2ccccc2n3-c2ccccc2)cc1. The summed E-state index contributed by atoms with van der Waals surface area (Å²) in [4.78, 5) is 11.8. The zero-order valence-corrected chi connectivity index (χ0v) is 22.8. The molecule has 0 saturated carbocycles. The predicted molar refractivity (Wildman–Crippen MR) is 174 cm³/mol. The molecule has 198 valence electrons. The minimum Gasteiger partial charge on any atom is -0.310 e. The summed E-state index contributed by atoms with van der Waals surface area (Å²) in [5, 5.41) is 2.45. The molecule has 0 fully saturated rings. The van der Waals surface area contributed by atoms with Gasteiger partial charge >= 0.3 is 0 Å². The molecule has 0 radical (unpaired) electrons. The van der Waals surface area contributed by atoms with Crippen molar-refractivity contribution in [2.45, 2.75) is 0 Å². The first-order valence-electron chi connectivity index (χ1n) is 14.1. The van der Waals surface area contributed by atoms with Gasteiger partial charge in [-0.15, -0.1) is 0 Å². The van der Waals surface area contributed by atoms with Crippen molar-refractivity contribution in [3.05, 3.63) is 158 Å². The molecule has 0 saturated heterocycles. The van der Waals surface area contributed by atoms with Crippen LogP contribution in [0.15, 0.2) is 158 Å². The van der Waals surface area contributed by atoms with Crippen LogP contribution in [0.2, 0.25) is 0 Å². The van der Waals surface area contributed by atoms with Crippen molar-refractivity contribution in [3.8, 4) is 16.9 Å². The van der Waals surface area contributed by atoms with Gasteiger partial charge in [0.1, 0.15) is 0 Å². The third-order valence-electron chi connectivity index (χ3n) is 7.81. The first-order valence-corrected chi connectivity index (χ1v) is 14.1. The van der Waals surface area contributed by atoms with Crippen LogP contribution in [0.5, 0.6) is 0 Å². The predicted octanol–water partition coefficient (Wildman–Crippen LogP) is 9.86. The molecular weight excluding hydrogens is 512 g/mol. The molecule has 0 amide bonds. The van der Waals surface area contributed by atoms with E-state index >= 15 is 0 Å². The monoisotopic (exact) mass is 538 g/mol. The van der Waals surface area contributed by atoms with Crippen molar-refractivity contribution in [1.82, 2.24) is 14.5 Å². The van der Waals surface area contributed by atoms with Crippen molar-refractivity contribution in [2.75, 3.05) is 4.90 Å². The Labute approximate surface area is 243 Å². The highest BCUT2D eigenvalue weighted by atomic mass is 15.1. The molecule has 8 aromatic rings. The average Bonchev–Trinajstić information content (AvgIpc) is 3.40. The standard InChI is InChI=1S/C38H26N4/c1-3-11-28(12-4-1)41(30-21-19-27(20-22-30)36-26-39-34-16-8-9-17-35(34)40-36)31-23-24-38-33(25-31)32-15-7-10-18-37(32)42(38)29-13-5-2-6-14-29/h1-26H. The lowest BCUT2D eigenvalue weighted by atomic mass is 10.1. The number of hydrogen-bond donors (Lipinski definition) is 0. The largest absolute Gasteiger partial charge is 0.310 e. The van der Waals surface area contributed by atoms with Crippen LogP contribution >= 0.6 is 0 Å². The molecule has 0 spiro atoms. The summed E-state index contributed by atoms with van der Waals surface area (Å²) >= 11 is 0. The van der Waals surface area contributed by atoms with Crippen LogP contribution in [0.1, 0.15) is 0 Å². The van der Waals surface area contributed by atoms with Crippen LogP contribution < -0.4 is 4.90 Å². The molecule has 0 aliphatic carbocycles. The first-order chi connectivity index (χ1) is 20.8. The van der Waals surface area contributed by atoms with Gasteiger partial charge in [-0.1, -0.05) is 78.9 Å². The number of aromatic nitrogens is 3. The molecule has 0 N–H and O–H groups in total. The molecule has 42 heavy (non-hydrogen) atoms. The van der Waals surface area contributed by atoms with Crippen molar-refractivity contribution in [3.63, 3.8) is 0 Å². The van der Waals surface area contributed by atoms with Gasteiger partial charge in [0.05, 0.1) is 34.0 Å². The van der Waals surface area contributed by atoms with Gasteiger partial charge in [0.25, 0.3) is 0 Å². The maximum Gasteiger partial charge on any atom is 0.0894 e. The van der Waals surface area contributed by atoms with E-state index < -0.39 is 0 Å². The number of fused-ring (bicyclic) bond motifs is 4. The Morgan fingerprint density at radius 1 is 0.476 bits per heavy atom. The van der Waals surface area contributed by atoms with Gasteiger partial charge in [-0.25, -0.2) is 4.98 Å². The van der Waals surface area contributed by atoms with Gasteiger partial charge in [0, 0.05) is 39.1 Å². The van der Waals surface area contributed by atoms with Crippen LogP contribution in [-0.4, -0.2) is 14.5 Å². The highest BCUT2D eigenvalue weighted by Crippen LogP contribution is 2.40. The molecule has 0 bridgehead atoms. The third kappa shape index (κ3) is 4.09. The molecule has 6 aromatic carbocycles. The van der Waals surface area contributed by atoms with Gasteiger partial charge in [-0.3, -0.25) is 4.98 Å². The van der Waals surface area contributed by atoms with Gasteiger partial charge in [0.2, 0.25) is 0 Å². The number of benzene rings is 6. The maximum atomic E-state index is 4.85. The fraction of sp³-hybridized carbons (Fsp3) is 0. The summed E-state index contributed by atoms with van der Waals surface area (Å²) in [6.07, 6.45) is 1.85. The van der Waals surface area contributed by atoms with Crippen molar-refractivity contribution in [1.29, 1.82) is 0 Å². The van der Waals surface area contributed by atoms with E-state index in [1.165, 1.54) is 21.8 Å². The summed E-state index contributed by atoms with van der Waals surface area (Å²) in [5.41, 5.74) is 10.5. The molecular formula is C38H26N4. The van der Waals surface area contributed by atoms with Gasteiger partial charge in [0.15, 0.2) is 0 Å². The van der Waals surface area contributed by atoms with Crippen LogP contribution in [0, 0.1) is 0 Å². The van der Waals surface area contributed by atoms with Crippen LogP contribution in [-0.2, 0) is 0 Å². The highest BCUT2D eigenvalue weighted by Gasteiger charge is 2.17. The molecule has 0 aliphatic heterocycles. The summed E-state index contributed by atoms with van der Waals surface area (Å²) < 4.78 is 2.35. The molecule has 4 heteroatoms. The van der Waals surface area contributed by atoms with Crippen LogP contribution in [0.25, 0.3) is 49.8 Å². The molecule has 0 aliphatic rings. The van der Waals surface area contributed by atoms with E-state index in [4.69, 9.17) is 4.98 Å². The lowest BCUT2D eigenvalue weighted by Crippen LogP contribution is -2.09. The Hall–Kier alpha value is -5.74. The number of anilines is 3. The maximum absolute atomic E-state index is 4.85. The lowest BCUT2D eigenvalue weighted by Gasteiger charge is -2.26. The number of para-hydroxylation sites is 5. The molecule has 0 atom stereocenters. The Kier molecular flexibility index (Phi) is 5.75. The van der Waals surface area contributed by atoms with Gasteiger partial charge < -0.3 is 9.47 Å². The Morgan fingerprint density at radius 2 is 1.10 bits per heavy atom. The number of rotatable bonds is 5. The van der Waals surface area contributed by atoms with Gasteiger partial charge in [-0.2, -0.15) is 0 Å². The second-order valence-corrected chi connectivity index (χ2v) is 10.4. The lowest BCUT2D eigenvalue weighted by molar-refractivity contribution is 1.18. The van der Waals surface area contributed by atoms with Crippen LogP contribution in [0.3, 0.4) is 0 Å². The Bertz CT molecular complexity index is 2180. The molecule has 2 aromatic heterocycles. The number of nitrogens with zero attached hydrogens (tertiary/aromatic N) is 4. The summed E-state index contributed by atoms with van der Waals surface area (Å²) in [6, 6.07) is 53.1. The van der Waals surface area contributed by atoms with Gasteiger partial charge in [-0.05, 0) is 72.8 Å². The van der Waals surface area contributed by atoms with Crippen molar-refractivity contribution < 1.29 is 0 Å². The Morgan fingerprint density at radius 3 is 1.90 bits per heavy atom. The van der Waals surface area contributed by atoms with E-state index in [2.05, 4.69) is 142 Å². The molecule has 8 rings (SSSR count). The quantitative estimate of drug-likeness (QED) is 0.219.